The number of hydrogen-bond donors (Lipinski definition) is 2. The molecule has 1 aliphatic heterocycles. The van der Waals surface area contributed by atoms with Gasteiger partial charge in [0.2, 0.25) is 10.0 Å². The number of allylic oxidation sites excluding steroid dienone is 1. The molecule has 2 aromatic carbocycles. The fourth-order valence-electron chi connectivity index (χ4n) is 3.07. The molecule has 2 aromatic rings. The molecule has 0 amide bonds. The van der Waals surface area contributed by atoms with Gasteiger partial charge in [-0.1, -0.05) is 23.9 Å². The molecule has 0 bridgehead atoms. The van der Waals surface area contributed by atoms with E-state index in [4.69, 9.17) is 4.55 Å². The average Bonchev–Trinajstić information content (AvgIpc) is 3.10. The predicted molar refractivity (Wildman–Crippen MR) is 127 cm³/mol. The van der Waals surface area contributed by atoms with Crippen LogP contribution < -0.4 is 9.62 Å². The number of ether oxygens (including phenoxy) is 1. The molecule has 0 unspecified atom stereocenters. The number of thioether (sulfide) groups is 1. The molecule has 0 fully saturated rings. The van der Waals surface area contributed by atoms with E-state index in [1.165, 1.54) is 61.3 Å². The zero-order valence-electron chi connectivity index (χ0n) is 18.2. The number of nitrogens with one attached hydrogen (secondary N) is 1. The predicted octanol–water partition coefficient (Wildman–Crippen LogP) is 2.30. The lowest BCUT2D eigenvalue weighted by molar-refractivity contribution is 0.0600. The van der Waals surface area contributed by atoms with Crippen LogP contribution in [0.15, 0.2) is 63.4 Å². The Morgan fingerprint density at radius 1 is 1.09 bits per heavy atom. The first kappa shape index (κ1) is 25.9. The van der Waals surface area contributed by atoms with Crippen LogP contribution in [0.1, 0.15) is 27.1 Å². The largest absolute Gasteiger partial charge is 0.465 e. The van der Waals surface area contributed by atoms with E-state index in [0.29, 0.717) is 21.8 Å². The van der Waals surface area contributed by atoms with Crippen LogP contribution in [0, 0.1) is 0 Å². The van der Waals surface area contributed by atoms with E-state index in [1.54, 1.807) is 18.0 Å². The summed E-state index contributed by atoms with van der Waals surface area (Å²) < 4.78 is 62.3. The van der Waals surface area contributed by atoms with E-state index in [0.717, 1.165) is 4.90 Å². The first-order valence-corrected chi connectivity index (χ1v) is 13.8. The molecule has 0 spiro atoms. The normalized spacial score (nSPS) is 14.8. The first-order chi connectivity index (χ1) is 15.9. The van der Waals surface area contributed by atoms with Gasteiger partial charge in [-0.25, -0.2) is 17.9 Å². The standard InChI is InChI=1S/C21H22N2O8S3/c1-23-17-12-16(34(29,30)22-10-3-11-33(26,27)28)8-9-19(17)32-20(23)13-18(24)14-4-6-15(7-5-14)21(25)31-2/h4-9,12-13,22H,3,10-11H2,1-2H3,(H,26,27,28)/b20-13+. The monoisotopic (exact) mass is 526 g/mol. The Kier molecular flexibility index (Phi) is 7.83. The van der Waals surface area contributed by atoms with Crippen molar-refractivity contribution in [1.82, 2.24) is 4.72 Å². The number of benzene rings is 2. The fourth-order valence-corrected chi connectivity index (χ4v) is 5.73. The number of carbonyl (C=O) groups excluding carboxylic acids is 2. The molecule has 13 heteroatoms. The van der Waals surface area contributed by atoms with Crippen molar-refractivity contribution in [3.63, 3.8) is 0 Å². The topological polar surface area (TPSA) is 147 Å². The van der Waals surface area contributed by atoms with Gasteiger partial charge in [0.15, 0.2) is 5.78 Å². The Bertz CT molecular complexity index is 1350. The molecule has 0 saturated heterocycles. The van der Waals surface area contributed by atoms with Gasteiger partial charge in [0.25, 0.3) is 10.1 Å². The van der Waals surface area contributed by atoms with Crippen LogP contribution in [0.2, 0.25) is 0 Å². The van der Waals surface area contributed by atoms with E-state index >= 15 is 0 Å². The molecule has 0 aromatic heterocycles. The summed E-state index contributed by atoms with van der Waals surface area (Å²) in [7, 11) is -5.10. The summed E-state index contributed by atoms with van der Waals surface area (Å²) in [5.74, 6) is -1.34. The Labute approximate surface area is 201 Å². The van der Waals surface area contributed by atoms with Crippen molar-refractivity contribution in [3.8, 4) is 0 Å². The zero-order valence-corrected chi connectivity index (χ0v) is 20.7. The van der Waals surface area contributed by atoms with Gasteiger partial charge in [0, 0.05) is 30.1 Å². The molecule has 3 rings (SSSR count). The maximum absolute atomic E-state index is 12.7. The molecule has 1 aliphatic rings. The van der Waals surface area contributed by atoms with Crippen LogP contribution >= 0.6 is 11.8 Å². The van der Waals surface area contributed by atoms with Gasteiger partial charge in [-0.2, -0.15) is 8.42 Å². The second kappa shape index (κ2) is 10.3. The zero-order chi connectivity index (χ0) is 25.1. The van der Waals surface area contributed by atoms with Crippen molar-refractivity contribution >= 4 is 49.3 Å². The van der Waals surface area contributed by atoms with E-state index in [2.05, 4.69) is 9.46 Å². The van der Waals surface area contributed by atoms with Gasteiger partial charge in [-0.3, -0.25) is 9.35 Å². The lowest BCUT2D eigenvalue weighted by Gasteiger charge is -2.14. The van der Waals surface area contributed by atoms with Crippen molar-refractivity contribution in [2.24, 2.45) is 0 Å². The van der Waals surface area contributed by atoms with Gasteiger partial charge >= 0.3 is 5.97 Å². The van der Waals surface area contributed by atoms with Gasteiger partial charge < -0.3 is 9.64 Å². The molecule has 182 valence electrons. The Hall–Kier alpha value is -2.71. The van der Waals surface area contributed by atoms with E-state index in [9.17, 15) is 26.4 Å². The summed E-state index contributed by atoms with van der Waals surface area (Å²) in [5.41, 5.74) is 1.29. The molecule has 0 atom stereocenters. The lowest BCUT2D eigenvalue weighted by Crippen LogP contribution is -2.26. The third kappa shape index (κ3) is 6.24. The van der Waals surface area contributed by atoms with Crippen molar-refractivity contribution in [1.29, 1.82) is 0 Å². The molecule has 0 aliphatic carbocycles. The van der Waals surface area contributed by atoms with E-state index in [-0.39, 0.29) is 23.6 Å². The molecular formula is C21H22N2O8S3. The molecular weight excluding hydrogens is 504 g/mol. The molecule has 2 N–H and O–H groups in total. The van der Waals surface area contributed by atoms with Crippen LogP contribution in [-0.2, 0) is 24.9 Å². The third-order valence-corrected chi connectivity index (χ3v) is 8.29. The number of fused-ring (bicyclic) bond motifs is 1. The second-order valence-electron chi connectivity index (χ2n) is 7.24. The van der Waals surface area contributed by atoms with Crippen LogP contribution in [-0.4, -0.2) is 59.6 Å². The van der Waals surface area contributed by atoms with Crippen molar-refractivity contribution in [3.05, 3.63) is 64.7 Å². The van der Waals surface area contributed by atoms with Gasteiger partial charge in [0.1, 0.15) is 0 Å². The minimum atomic E-state index is -4.16. The highest BCUT2D eigenvalue weighted by Gasteiger charge is 2.26. The Morgan fingerprint density at radius 3 is 2.35 bits per heavy atom. The van der Waals surface area contributed by atoms with E-state index < -0.39 is 31.9 Å². The number of hydrogen-bond acceptors (Lipinski definition) is 9. The highest BCUT2D eigenvalue weighted by atomic mass is 32.2. The van der Waals surface area contributed by atoms with Gasteiger partial charge in [0.05, 0.1) is 34.0 Å². The highest BCUT2D eigenvalue weighted by Crippen LogP contribution is 2.45. The number of methoxy groups -OCH3 is 1. The molecule has 10 nitrogen and oxygen atoms in total. The number of rotatable bonds is 9. The Balaban J connectivity index is 1.73. The summed E-state index contributed by atoms with van der Waals surface area (Å²) >= 11 is 1.30. The van der Waals surface area contributed by atoms with Crippen molar-refractivity contribution in [2.45, 2.75) is 16.2 Å². The van der Waals surface area contributed by atoms with Crippen LogP contribution in [0.25, 0.3) is 0 Å². The van der Waals surface area contributed by atoms with Crippen LogP contribution in [0.3, 0.4) is 0 Å². The van der Waals surface area contributed by atoms with Gasteiger partial charge in [-0.05, 0) is 36.8 Å². The van der Waals surface area contributed by atoms with Crippen LogP contribution in [0.5, 0.6) is 0 Å². The maximum Gasteiger partial charge on any atom is 0.337 e. The summed E-state index contributed by atoms with van der Waals surface area (Å²) in [5, 5.41) is 0.590. The fraction of sp³-hybridized carbons (Fsp3) is 0.238. The summed E-state index contributed by atoms with van der Waals surface area (Å²) in [4.78, 5) is 26.7. The number of ketones is 1. The maximum atomic E-state index is 12.7. The summed E-state index contributed by atoms with van der Waals surface area (Å²) in [6.45, 7) is -0.155. The van der Waals surface area contributed by atoms with Crippen LogP contribution in [0.4, 0.5) is 5.69 Å². The van der Waals surface area contributed by atoms with Crippen molar-refractivity contribution < 1.29 is 35.7 Å². The van der Waals surface area contributed by atoms with Gasteiger partial charge in [-0.15, -0.1) is 0 Å². The minimum absolute atomic E-state index is 0.0171. The molecule has 0 radical (unpaired) electrons. The number of nitrogens with zero attached hydrogens (tertiary/aromatic N) is 1. The summed E-state index contributed by atoms with van der Waals surface area (Å²) in [6.07, 6.45) is 1.36. The quantitative estimate of drug-likeness (QED) is 0.164. The number of anilines is 1. The first-order valence-electron chi connectivity index (χ1n) is 9.86. The van der Waals surface area contributed by atoms with Crippen molar-refractivity contribution in [2.75, 3.05) is 31.4 Å². The van der Waals surface area contributed by atoms with E-state index in [1.807, 2.05) is 0 Å². The number of sulfonamides is 1. The highest BCUT2D eigenvalue weighted by molar-refractivity contribution is 8.03. The molecule has 1 heterocycles. The third-order valence-electron chi connectivity index (χ3n) is 4.86. The minimum Gasteiger partial charge on any atom is -0.465 e. The molecule has 34 heavy (non-hydrogen) atoms. The number of esters is 1. The number of carbonyl (C=O) groups is 2. The second-order valence-corrected chi connectivity index (χ2v) is 11.6. The average molecular weight is 527 g/mol. The smallest absolute Gasteiger partial charge is 0.337 e. The lowest BCUT2D eigenvalue weighted by atomic mass is 10.1. The summed E-state index contributed by atoms with van der Waals surface area (Å²) in [6, 6.07) is 10.5. The SMILES string of the molecule is COC(=O)c1ccc(C(=O)/C=C2/Sc3ccc(S(=O)(=O)NCCCS(=O)(=O)O)cc3N2C)cc1. The molecule has 0 saturated carbocycles. The Morgan fingerprint density at radius 2 is 1.74 bits per heavy atom.